The number of aromatic nitrogens is 1. The Morgan fingerprint density at radius 2 is 2.19 bits per heavy atom. The normalized spacial score (nSPS) is 10.7. The molecule has 1 aromatic heterocycles. The van der Waals surface area contributed by atoms with Crippen molar-refractivity contribution in [1.82, 2.24) is 10.3 Å². The molecule has 0 saturated carbocycles. The number of aliphatic carboxylic acids is 1. The van der Waals surface area contributed by atoms with Crippen molar-refractivity contribution in [3.63, 3.8) is 0 Å². The fourth-order valence-electron chi connectivity index (χ4n) is 1.47. The number of carbonyl (C=O) groups excluding carboxylic acids is 1. The van der Waals surface area contributed by atoms with Crippen molar-refractivity contribution in [2.75, 3.05) is 33.5 Å². The van der Waals surface area contributed by atoms with Crippen LogP contribution in [0.4, 0.5) is 0 Å². The van der Waals surface area contributed by atoms with Gasteiger partial charge in [0.2, 0.25) is 0 Å². The topological polar surface area (TPSA) is 97.8 Å². The minimum atomic E-state index is -1.09. The Hall–Kier alpha value is -2.25. The van der Waals surface area contributed by atoms with Crippen LogP contribution in [0.5, 0.6) is 0 Å². The van der Waals surface area contributed by atoms with Crippen LogP contribution in [0.15, 0.2) is 24.4 Å². The molecule has 7 nitrogen and oxygen atoms in total. The number of carbonyl (C=O) groups is 2. The molecular formula is C14H18N2O5. The molecule has 0 aliphatic carbocycles. The number of amides is 1. The molecule has 0 aliphatic heterocycles. The number of carboxylic acids is 1. The number of nitrogens with zero attached hydrogens (tertiary/aromatic N) is 1. The molecule has 0 aromatic carbocycles. The summed E-state index contributed by atoms with van der Waals surface area (Å²) in [5.74, 6) is -1.47. The molecule has 0 atom stereocenters. The highest BCUT2D eigenvalue weighted by atomic mass is 16.5. The number of hydrogen-bond acceptors (Lipinski definition) is 5. The summed E-state index contributed by atoms with van der Waals surface area (Å²) >= 11 is 0. The Morgan fingerprint density at radius 3 is 2.90 bits per heavy atom. The zero-order valence-electron chi connectivity index (χ0n) is 11.7. The Labute approximate surface area is 122 Å². The summed E-state index contributed by atoms with van der Waals surface area (Å²) in [5, 5.41) is 11.3. The monoisotopic (exact) mass is 294 g/mol. The van der Waals surface area contributed by atoms with Crippen LogP contribution in [0.3, 0.4) is 0 Å². The van der Waals surface area contributed by atoms with E-state index in [1.54, 1.807) is 19.2 Å². The third-order valence-electron chi connectivity index (χ3n) is 2.42. The smallest absolute Gasteiger partial charge is 0.328 e. The molecule has 1 rings (SSSR count). The molecule has 0 fully saturated rings. The van der Waals surface area contributed by atoms with Crippen molar-refractivity contribution in [2.24, 2.45) is 0 Å². The van der Waals surface area contributed by atoms with Gasteiger partial charge in [0.1, 0.15) is 5.69 Å². The zero-order chi connectivity index (χ0) is 15.5. The number of methoxy groups -OCH3 is 1. The fraction of sp³-hybridized carbons (Fsp3) is 0.357. The highest BCUT2D eigenvalue weighted by Crippen LogP contribution is 2.07. The van der Waals surface area contributed by atoms with E-state index in [2.05, 4.69) is 10.3 Å². The first-order valence-electron chi connectivity index (χ1n) is 6.36. The highest BCUT2D eigenvalue weighted by Gasteiger charge is 2.10. The maximum Gasteiger partial charge on any atom is 0.328 e. The number of carboxylic acid groups (broad SMARTS) is 1. The number of hydrogen-bond donors (Lipinski definition) is 2. The van der Waals surface area contributed by atoms with Crippen LogP contribution in [0.25, 0.3) is 6.08 Å². The van der Waals surface area contributed by atoms with Gasteiger partial charge in [-0.1, -0.05) is 6.07 Å². The van der Waals surface area contributed by atoms with Crippen molar-refractivity contribution < 1.29 is 24.2 Å². The van der Waals surface area contributed by atoms with E-state index in [0.29, 0.717) is 31.9 Å². The third kappa shape index (κ3) is 6.64. The van der Waals surface area contributed by atoms with Crippen molar-refractivity contribution in [3.8, 4) is 0 Å². The van der Waals surface area contributed by atoms with Gasteiger partial charge in [-0.2, -0.15) is 0 Å². The third-order valence-corrected chi connectivity index (χ3v) is 2.42. The number of pyridine rings is 1. The first-order valence-corrected chi connectivity index (χ1v) is 6.36. The minimum Gasteiger partial charge on any atom is -0.478 e. The standard InChI is InChI=1S/C14H18N2O5/c1-20-9-10-21-8-7-16-14(19)13-11(3-2-6-15-13)4-5-12(17)18/h2-6H,7-10H2,1H3,(H,16,19)(H,17,18)/b5-4+. The SMILES string of the molecule is COCCOCCNC(=O)c1ncccc1/C=C/C(=O)O. The van der Waals surface area contributed by atoms with Gasteiger partial charge in [0.05, 0.1) is 19.8 Å². The van der Waals surface area contributed by atoms with E-state index in [4.69, 9.17) is 14.6 Å². The molecule has 7 heteroatoms. The summed E-state index contributed by atoms with van der Waals surface area (Å²) in [4.78, 5) is 26.4. The maximum atomic E-state index is 12.0. The lowest BCUT2D eigenvalue weighted by molar-refractivity contribution is -0.131. The largest absolute Gasteiger partial charge is 0.478 e. The molecular weight excluding hydrogens is 276 g/mol. The molecule has 0 unspecified atom stereocenters. The van der Waals surface area contributed by atoms with Crippen LogP contribution in [-0.4, -0.2) is 55.4 Å². The molecule has 114 valence electrons. The number of nitrogens with one attached hydrogen (secondary N) is 1. The highest BCUT2D eigenvalue weighted by molar-refractivity contribution is 5.97. The van der Waals surface area contributed by atoms with Crippen LogP contribution in [0.1, 0.15) is 16.1 Å². The van der Waals surface area contributed by atoms with Crippen LogP contribution in [0, 0.1) is 0 Å². The van der Waals surface area contributed by atoms with E-state index in [1.807, 2.05) is 0 Å². The molecule has 2 N–H and O–H groups in total. The fourth-order valence-corrected chi connectivity index (χ4v) is 1.47. The van der Waals surface area contributed by atoms with Gasteiger partial charge in [0.25, 0.3) is 5.91 Å². The van der Waals surface area contributed by atoms with Crippen molar-refractivity contribution in [3.05, 3.63) is 35.7 Å². The molecule has 0 aliphatic rings. The van der Waals surface area contributed by atoms with Crippen LogP contribution in [-0.2, 0) is 14.3 Å². The first kappa shape index (κ1) is 16.8. The summed E-state index contributed by atoms with van der Waals surface area (Å²) in [6, 6.07) is 3.25. The quantitative estimate of drug-likeness (QED) is 0.510. The maximum absolute atomic E-state index is 12.0. The summed E-state index contributed by atoms with van der Waals surface area (Å²) in [6.07, 6.45) is 3.77. The van der Waals surface area contributed by atoms with Gasteiger partial charge < -0.3 is 19.9 Å². The van der Waals surface area contributed by atoms with Gasteiger partial charge in [-0.25, -0.2) is 4.79 Å². The lowest BCUT2D eigenvalue weighted by atomic mass is 10.1. The Kier molecular flexibility index (Phi) is 7.70. The molecule has 0 spiro atoms. The second kappa shape index (κ2) is 9.62. The van der Waals surface area contributed by atoms with Crippen molar-refractivity contribution >= 4 is 18.0 Å². The molecule has 0 radical (unpaired) electrons. The average Bonchev–Trinajstić information content (AvgIpc) is 2.48. The zero-order valence-corrected chi connectivity index (χ0v) is 11.7. The first-order chi connectivity index (χ1) is 10.1. The second-order valence-electron chi connectivity index (χ2n) is 3.97. The van der Waals surface area contributed by atoms with Gasteiger partial charge in [-0.3, -0.25) is 9.78 Å². The van der Waals surface area contributed by atoms with E-state index in [9.17, 15) is 9.59 Å². The van der Waals surface area contributed by atoms with Gasteiger partial charge in [-0.05, 0) is 12.1 Å². The van der Waals surface area contributed by atoms with Gasteiger partial charge in [-0.15, -0.1) is 0 Å². The van der Waals surface area contributed by atoms with Gasteiger partial charge in [0.15, 0.2) is 0 Å². The lowest BCUT2D eigenvalue weighted by Gasteiger charge is -2.07. The molecule has 1 heterocycles. The van der Waals surface area contributed by atoms with Crippen molar-refractivity contribution in [1.29, 1.82) is 0 Å². The van der Waals surface area contributed by atoms with E-state index in [1.165, 1.54) is 12.3 Å². The average molecular weight is 294 g/mol. The summed E-state index contributed by atoms with van der Waals surface area (Å²) < 4.78 is 10.0. The lowest BCUT2D eigenvalue weighted by Crippen LogP contribution is -2.29. The van der Waals surface area contributed by atoms with Crippen LogP contribution in [0.2, 0.25) is 0 Å². The van der Waals surface area contributed by atoms with Gasteiger partial charge >= 0.3 is 5.97 Å². The Balaban J connectivity index is 2.52. The van der Waals surface area contributed by atoms with Crippen LogP contribution < -0.4 is 5.32 Å². The van der Waals surface area contributed by atoms with Crippen LogP contribution >= 0.6 is 0 Å². The summed E-state index contributed by atoms with van der Waals surface area (Å²) in [6.45, 7) is 1.66. The van der Waals surface area contributed by atoms with Gasteiger partial charge in [0, 0.05) is 31.5 Å². The predicted molar refractivity (Wildman–Crippen MR) is 75.9 cm³/mol. The predicted octanol–water partition coefficient (Wildman–Crippen LogP) is 0.572. The molecule has 0 bridgehead atoms. The van der Waals surface area contributed by atoms with E-state index >= 15 is 0 Å². The van der Waals surface area contributed by atoms with E-state index in [-0.39, 0.29) is 11.6 Å². The molecule has 0 saturated heterocycles. The van der Waals surface area contributed by atoms with E-state index < -0.39 is 5.97 Å². The molecule has 1 amide bonds. The summed E-state index contributed by atoms with van der Waals surface area (Å²) in [5.41, 5.74) is 0.615. The molecule has 21 heavy (non-hydrogen) atoms. The number of ether oxygens (including phenoxy) is 2. The second-order valence-corrected chi connectivity index (χ2v) is 3.97. The minimum absolute atomic E-state index is 0.173. The Morgan fingerprint density at radius 1 is 1.38 bits per heavy atom. The van der Waals surface area contributed by atoms with Crippen molar-refractivity contribution in [2.45, 2.75) is 0 Å². The molecule has 1 aromatic rings. The Bertz CT molecular complexity index is 502. The number of rotatable bonds is 9. The van der Waals surface area contributed by atoms with E-state index in [0.717, 1.165) is 6.08 Å². The summed E-state index contributed by atoms with van der Waals surface area (Å²) in [7, 11) is 1.58.